The number of sulfone groups is 1. The average Bonchev–Trinajstić information content (AvgIpc) is 3.27. The van der Waals surface area contributed by atoms with Crippen LogP contribution in [-0.2, 0) is 22.9 Å². The Bertz CT molecular complexity index is 1160. The van der Waals surface area contributed by atoms with Gasteiger partial charge in [0.05, 0.1) is 24.3 Å². The van der Waals surface area contributed by atoms with Gasteiger partial charge in [-0.1, -0.05) is 12.1 Å². The molecule has 3 aromatic rings. The van der Waals surface area contributed by atoms with Gasteiger partial charge in [0.25, 0.3) is 0 Å². The number of nitrogens with two attached hydrogens (primary N) is 1. The highest BCUT2D eigenvalue weighted by Crippen LogP contribution is 2.28. The second kappa shape index (κ2) is 8.21. The number of aromatic nitrogens is 3. The monoisotopic (exact) mass is 422 g/mol. The first-order valence-electron chi connectivity index (χ1n) is 8.29. The van der Waals surface area contributed by atoms with Crippen LogP contribution in [-0.4, -0.2) is 35.6 Å². The fourth-order valence-corrected chi connectivity index (χ4v) is 4.18. The van der Waals surface area contributed by atoms with Crippen molar-refractivity contribution >= 4 is 21.2 Å². The Morgan fingerprint density at radius 1 is 1.29 bits per heavy atom. The van der Waals surface area contributed by atoms with Crippen molar-refractivity contribution in [2.24, 2.45) is 5.73 Å². The third-order valence-corrected chi connectivity index (χ3v) is 6.16. The molecule has 0 spiro atoms. The van der Waals surface area contributed by atoms with Crippen LogP contribution in [0.1, 0.15) is 5.56 Å². The summed E-state index contributed by atoms with van der Waals surface area (Å²) in [7, 11) is -3.26. The summed E-state index contributed by atoms with van der Waals surface area (Å²) in [6.45, 7) is 0.305. The molecule has 0 aliphatic rings. The van der Waals surface area contributed by atoms with Gasteiger partial charge in [0.1, 0.15) is 6.33 Å². The molecule has 0 aliphatic carbocycles. The molecule has 10 heteroatoms. The molecule has 28 heavy (non-hydrogen) atoms. The third-order valence-electron chi connectivity index (χ3n) is 4.24. The molecule has 2 N–H and O–H groups in total. The van der Waals surface area contributed by atoms with Crippen molar-refractivity contribution < 1.29 is 12.8 Å². The first kappa shape index (κ1) is 20.2. The lowest BCUT2D eigenvalue weighted by atomic mass is 10.0. The van der Waals surface area contributed by atoms with Gasteiger partial charge in [-0.25, -0.2) is 22.3 Å². The molecule has 7 nitrogen and oxygen atoms in total. The van der Waals surface area contributed by atoms with E-state index in [1.54, 1.807) is 24.3 Å². The van der Waals surface area contributed by atoms with Crippen molar-refractivity contribution in [2.75, 3.05) is 12.8 Å². The zero-order valence-electron chi connectivity index (χ0n) is 15.1. The van der Waals surface area contributed by atoms with Crippen molar-refractivity contribution in [2.45, 2.75) is 18.0 Å². The van der Waals surface area contributed by atoms with Gasteiger partial charge in [-0.3, -0.25) is 4.57 Å². The minimum atomic E-state index is -3.26. The highest BCUT2D eigenvalue weighted by molar-refractivity contribution is 7.90. The summed E-state index contributed by atoms with van der Waals surface area (Å²) in [5.41, 5.74) is 8.01. The molecule has 0 aliphatic heterocycles. The molecular formula is C18H19FN4O3S2. The normalized spacial score (nSPS) is 12.5. The molecule has 0 saturated heterocycles. The van der Waals surface area contributed by atoms with Crippen molar-refractivity contribution in [1.82, 2.24) is 14.3 Å². The van der Waals surface area contributed by atoms with Crippen LogP contribution in [0.15, 0.2) is 62.9 Å². The zero-order valence-corrected chi connectivity index (χ0v) is 16.7. The lowest BCUT2D eigenvalue weighted by molar-refractivity contribution is 0.602. The summed E-state index contributed by atoms with van der Waals surface area (Å²) in [4.78, 5) is 12.7. The Hall–Kier alpha value is -2.56. The molecule has 0 fully saturated rings. The maximum Gasteiger partial charge on any atom is 0.346 e. The standard InChI is InChI=1S/C18H19FN4O3S2/c1-28(25,26)16-4-2-14(3-5-16)17-11-27-10-15(17)9-22-12-21-23(18(22)24)8-13(6-19)7-20/h2-6,10-12H,7-9,20H2,1H3/b13-6+. The quantitative estimate of drug-likeness (QED) is 0.628. The predicted octanol–water partition coefficient (Wildman–Crippen LogP) is 2.04. The van der Waals surface area contributed by atoms with Gasteiger partial charge in [-0.2, -0.15) is 16.4 Å². The van der Waals surface area contributed by atoms with Crippen LogP contribution < -0.4 is 11.4 Å². The van der Waals surface area contributed by atoms with Crippen LogP contribution >= 0.6 is 11.3 Å². The number of thiophene rings is 1. The number of hydrogen-bond donors (Lipinski definition) is 1. The molecule has 0 saturated carbocycles. The molecule has 1 aromatic carbocycles. The SMILES string of the molecule is CS(=O)(=O)c1ccc(-c2cscc2Cn2cnn(C/C(=C/F)CN)c2=O)cc1. The Morgan fingerprint density at radius 2 is 2.00 bits per heavy atom. The lowest BCUT2D eigenvalue weighted by Crippen LogP contribution is -2.27. The third kappa shape index (κ3) is 4.29. The average molecular weight is 423 g/mol. The van der Waals surface area contributed by atoms with E-state index in [9.17, 15) is 17.6 Å². The Balaban J connectivity index is 1.86. The van der Waals surface area contributed by atoms with Gasteiger partial charge in [0, 0.05) is 12.8 Å². The fraction of sp³-hybridized carbons (Fsp3) is 0.222. The van der Waals surface area contributed by atoms with Crippen LogP contribution in [0.4, 0.5) is 4.39 Å². The number of halogens is 1. The van der Waals surface area contributed by atoms with Gasteiger partial charge < -0.3 is 5.73 Å². The van der Waals surface area contributed by atoms with E-state index in [1.807, 2.05) is 10.8 Å². The molecule has 3 rings (SSSR count). The molecule has 0 bridgehead atoms. The maximum atomic E-state index is 12.7. The van der Waals surface area contributed by atoms with E-state index in [0.29, 0.717) is 12.9 Å². The minimum absolute atomic E-state index is 0.00226. The minimum Gasteiger partial charge on any atom is -0.327 e. The van der Waals surface area contributed by atoms with E-state index in [-0.39, 0.29) is 29.2 Å². The second-order valence-electron chi connectivity index (χ2n) is 6.28. The van der Waals surface area contributed by atoms with Crippen molar-refractivity contribution in [3.63, 3.8) is 0 Å². The van der Waals surface area contributed by atoms with Gasteiger partial charge in [0.2, 0.25) is 0 Å². The molecule has 0 amide bonds. The fourth-order valence-electron chi connectivity index (χ4n) is 2.69. The van der Waals surface area contributed by atoms with Crippen LogP contribution in [0.3, 0.4) is 0 Å². The zero-order chi connectivity index (χ0) is 20.3. The second-order valence-corrected chi connectivity index (χ2v) is 9.04. The number of hydrogen-bond acceptors (Lipinski definition) is 6. The molecule has 2 heterocycles. The number of benzene rings is 1. The molecule has 0 unspecified atom stereocenters. The summed E-state index contributed by atoms with van der Waals surface area (Å²) in [6.07, 6.45) is 2.96. The Morgan fingerprint density at radius 3 is 2.61 bits per heavy atom. The van der Waals surface area contributed by atoms with Gasteiger partial charge in [-0.15, -0.1) is 0 Å². The Kier molecular flexibility index (Phi) is 5.92. The number of nitrogens with zero attached hydrogens (tertiary/aromatic N) is 3. The van der Waals surface area contributed by atoms with Crippen molar-refractivity contribution in [3.05, 3.63) is 69.3 Å². The summed E-state index contributed by atoms with van der Waals surface area (Å²) in [6, 6.07) is 6.61. The highest BCUT2D eigenvalue weighted by atomic mass is 32.2. The van der Waals surface area contributed by atoms with Crippen LogP contribution in [0, 0.1) is 0 Å². The van der Waals surface area contributed by atoms with E-state index >= 15 is 0 Å². The molecule has 0 atom stereocenters. The van der Waals surface area contributed by atoms with E-state index < -0.39 is 9.84 Å². The van der Waals surface area contributed by atoms with Crippen molar-refractivity contribution in [3.8, 4) is 11.1 Å². The topological polar surface area (TPSA) is 100.0 Å². The largest absolute Gasteiger partial charge is 0.346 e. The Labute approximate surface area is 165 Å². The summed E-state index contributed by atoms with van der Waals surface area (Å²) < 4.78 is 38.5. The maximum absolute atomic E-state index is 12.7. The van der Waals surface area contributed by atoms with Gasteiger partial charge in [-0.05, 0) is 45.2 Å². The molecule has 148 valence electrons. The molecular weight excluding hydrogens is 403 g/mol. The first-order valence-corrected chi connectivity index (χ1v) is 11.1. The molecule has 2 aromatic heterocycles. The first-order chi connectivity index (χ1) is 13.3. The summed E-state index contributed by atoms with van der Waals surface area (Å²) in [5, 5.41) is 7.88. The lowest BCUT2D eigenvalue weighted by Gasteiger charge is -2.06. The van der Waals surface area contributed by atoms with Crippen LogP contribution in [0.25, 0.3) is 11.1 Å². The van der Waals surface area contributed by atoms with Gasteiger partial charge >= 0.3 is 5.69 Å². The van der Waals surface area contributed by atoms with Gasteiger partial charge in [0.15, 0.2) is 9.84 Å². The van der Waals surface area contributed by atoms with Crippen molar-refractivity contribution in [1.29, 1.82) is 0 Å². The highest BCUT2D eigenvalue weighted by Gasteiger charge is 2.13. The van der Waals surface area contributed by atoms with E-state index in [2.05, 4.69) is 5.10 Å². The smallest absolute Gasteiger partial charge is 0.327 e. The summed E-state index contributed by atoms with van der Waals surface area (Å²) in [5.74, 6) is 0. The van der Waals surface area contributed by atoms with Crippen LogP contribution in [0.5, 0.6) is 0 Å². The van der Waals surface area contributed by atoms with E-state index in [1.165, 1.54) is 22.2 Å². The number of rotatable bonds is 7. The van der Waals surface area contributed by atoms with Crippen LogP contribution in [0.2, 0.25) is 0 Å². The van der Waals surface area contributed by atoms with E-state index in [4.69, 9.17) is 5.73 Å². The summed E-state index contributed by atoms with van der Waals surface area (Å²) >= 11 is 1.48. The molecule has 0 radical (unpaired) electrons. The predicted molar refractivity (Wildman–Crippen MR) is 107 cm³/mol. The van der Waals surface area contributed by atoms with E-state index in [0.717, 1.165) is 27.6 Å².